The smallest absolute Gasteiger partial charge is 0.331 e. The number of amides is 2. The van der Waals surface area contributed by atoms with E-state index in [0.29, 0.717) is 13.2 Å². The van der Waals surface area contributed by atoms with E-state index in [1.807, 2.05) is 25.1 Å². The molecule has 0 aliphatic rings. The minimum absolute atomic E-state index is 0.261. The van der Waals surface area contributed by atoms with Gasteiger partial charge >= 0.3 is 6.03 Å². The van der Waals surface area contributed by atoms with Gasteiger partial charge in [-0.05, 0) is 30.9 Å². The number of carbonyl (C=O) groups excluding carboxylic acids is 1. The number of nitrogens with one attached hydrogen (secondary N) is 1. The summed E-state index contributed by atoms with van der Waals surface area (Å²) in [5.74, 6) is -0.266. The highest BCUT2D eigenvalue weighted by molar-refractivity contribution is 6.03. The lowest BCUT2D eigenvalue weighted by molar-refractivity contribution is 0.174. The van der Waals surface area contributed by atoms with E-state index in [0.717, 1.165) is 29.7 Å². The van der Waals surface area contributed by atoms with Crippen molar-refractivity contribution in [2.75, 3.05) is 31.7 Å². The number of hydrogen-bond acceptors (Lipinski definition) is 3. The highest BCUT2D eigenvalue weighted by Gasteiger charge is 2.26. The van der Waals surface area contributed by atoms with Crippen LogP contribution in [0.25, 0.3) is 0 Å². The molecule has 23 heavy (non-hydrogen) atoms. The molecule has 0 aliphatic carbocycles. The Morgan fingerprint density at radius 2 is 1.78 bits per heavy atom. The molecule has 0 saturated heterocycles. The molecule has 0 atom stereocenters. The molecule has 0 saturated carbocycles. The fraction of sp³-hybridized carbons (Fsp3) is 0.529. The van der Waals surface area contributed by atoms with Gasteiger partial charge in [0, 0.05) is 13.7 Å². The molecule has 1 rings (SSSR count). The highest BCUT2D eigenvalue weighted by Crippen LogP contribution is 2.27. The molecule has 0 bridgehead atoms. The summed E-state index contributed by atoms with van der Waals surface area (Å²) in [4.78, 5) is 15.9. The second-order valence-electron chi connectivity index (χ2n) is 5.19. The second kappa shape index (κ2) is 9.15. The Morgan fingerprint density at radius 1 is 1.22 bits per heavy atom. The second-order valence-corrected chi connectivity index (χ2v) is 5.19. The number of methoxy groups -OCH3 is 1. The van der Waals surface area contributed by atoms with Gasteiger partial charge in [-0.1, -0.05) is 32.0 Å². The third kappa shape index (κ3) is 4.45. The minimum Gasteiger partial charge on any atom is -0.383 e. The van der Waals surface area contributed by atoms with Crippen LogP contribution in [0.1, 0.15) is 31.9 Å². The van der Waals surface area contributed by atoms with Crippen molar-refractivity contribution < 1.29 is 9.53 Å². The van der Waals surface area contributed by atoms with E-state index in [2.05, 4.69) is 13.8 Å². The van der Waals surface area contributed by atoms with Gasteiger partial charge in [0.2, 0.25) is 0 Å². The SMILES string of the molecule is CCc1cccc(CC)c1N(CC)C(=O)N(CCOC)C(=N)N. The first kappa shape index (κ1) is 19.0. The molecule has 0 radical (unpaired) electrons. The number of urea groups is 1. The van der Waals surface area contributed by atoms with E-state index in [1.54, 1.807) is 12.0 Å². The number of guanidine groups is 1. The van der Waals surface area contributed by atoms with Gasteiger partial charge in [-0.25, -0.2) is 4.79 Å². The molecule has 2 amide bonds. The first-order chi connectivity index (χ1) is 11.0. The topological polar surface area (TPSA) is 82.7 Å². The first-order valence-electron chi connectivity index (χ1n) is 8.04. The monoisotopic (exact) mass is 320 g/mol. The van der Waals surface area contributed by atoms with Crippen LogP contribution >= 0.6 is 0 Å². The number of aryl methyl sites for hydroxylation is 2. The third-order valence-corrected chi connectivity index (χ3v) is 3.82. The molecule has 1 aromatic rings. The standard InChI is InChI=1S/C17H28N4O2/c1-5-13-9-8-10-14(6-2)15(13)20(7-3)17(22)21(16(18)19)11-12-23-4/h8-10H,5-7,11-12H2,1-4H3,(H3,18,19). The maximum Gasteiger partial charge on any atom is 0.331 e. The van der Waals surface area contributed by atoms with Gasteiger partial charge in [-0.15, -0.1) is 0 Å². The Bertz CT molecular complexity index is 523. The van der Waals surface area contributed by atoms with Crippen LogP contribution in [-0.2, 0) is 17.6 Å². The lowest BCUT2D eigenvalue weighted by Gasteiger charge is -2.31. The maximum absolute atomic E-state index is 12.9. The Morgan fingerprint density at radius 3 is 2.17 bits per heavy atom. The average Bonchev–Trinajstić information content (AvgIpc) is 2.55. The Hall–Kier alpha value is -2.08. The normalized spacial score (nSPS) is 10.4. The molecule has 0 heterocycles. The molecule has 3 N–H and O–H groups in total. The molecular weight excluding hydrogens is 292 g/mol. The zero-order chi connectivity index (χ0) is 17.4. The number of carbonyl (C=O) groups is 1. The van der Waals surface area contributed by atoms with Crippen molar-refractivity contribution in [2.24, 2.45) is 5.73 Å². The maximum atomic E-state index is 12.9. The first-order valence-corrected chi connectivity index (χ1v) is 8.04. The molecule has 0 aromatic heterocycles. The molecule has 6 nitrogen and oxygen atoms in total. The number of nitrogens with two attached hydrogens (primary N) is 1. The van der Waals surface area contributed by atoms with Crippen LogP contribution in [0.3, 0.4) is 0 Å². The van der Waals surface area contributed by atoms with E-state index in [4.69, 9.17) is 15.9 Å². The Labute approximate surface area is 138 Å². The zero-order valence-corrected chi connectivity index (χ0v) is 14.6. The highest BCUT2D eigenvalue weighted by atomic mass is 16.5. The van der Waals surface area contributed by atoms with Crippen molar-refractivity contribution in [3.63, 3.8) is 0 Å². The predicted molar refractivity (Wildman–Crippen MR) is 94.1 cm³/mol. The van der Waals surface area contributed by atoms with Crippen LogP contribution in [0.15, 0.2) is 18.2 Å². The van der Waals surface area contributed by atoms with Crippen LogP contribution in [0.5, 0.6) is 0 Å². The van der Waals surface area contributed by atoms with Crippen molar-refractivity contribution in [3.8, 4) is 0 Å². The number of ether oxygens (including phenoxy) is 1. The summed E-state index contributed by atoms with van der Waals surface area (Å²) in [7, 11) is 1.56. The average molecular weight is 320 g/mol. The van der Waals surface area contributed by atoms with Crippen LogP contribution in [0.4, 0.5) is 10.5 Å². The van der Waals surface area contributed by atoms with E-state index < -0.39 is 0 Å². The number of para-hydroxylation sites is 1. The fourth-order valence-electron chi connectivity index (χ4n) is 2.60. The van der Waals surface area contributed by atoms with Crippen molar-refractivity contribution in [3.05, 3.63) is 29.3 Å². The van der Waals surface area contributed by atoms with Gasteiger partial charge in [0.1, 0.15) is 0 Å². The molecule has 6 heteroatoms. The third-order valence-electron chi connectivity index (χ3n) is 3.82. The van der Waals surface area contributed by atoms with Gasteiger partial charge in [0.15, 0.2) is 5.96 Å². The van der Waals surface area contributed by atoms with Gasteiger partial charge in [0.05, 0.1) is 18.8 Å². The summed E-state index contributed by atoms with van der Waals surface area (Å²) >= 11 is 0. The summed E-state index contributed by atoms with van der Waals surface area (Å²) in [5, 5.41) is 7.69. The lowest BCUT2D eigenvalue weighted by atomic mass is 10.0. The van der Waals surface area contributed by atoms with Gasteiger partial charge in [0.25, 0.3) is 0 Å². The molecule has 128 valence electrons. The fourth-order valence-corrected chi connectivity index (χ4v) is 2.60. The molecule has 0 spiro atoms. The largest absolute Gasteiger partial charge is 0.383 e. The molecule has 1 aromatic carbocycles. The molecular formula is C17H28N4O2. The van der Waals surface area contributed by atoms with Crippen LogP contribution < -0.4 is 10.6 Å². The van der Waals surface area contributed by atoms with Crippen molar-refractivity contribution in [2.45, 2.75) is 33.6 Å². The van der Waals surface area contributed by atoms with Crippen molar-refractivity contribution >= 4 is 17.7 Å². The number of anilines is 1. The summed E-state index contributed by atoms with van der Waals surface area (Å²) in [6.45, 7) is 7.18. The van der Waals surface area contributed by atoms with Crippen LogP contribution in [-0.4, -0.2) is 43.7 Å². The number of hydrogen-bond donors (Lipinski definition) is 2. The summed E-state index contributed by atoms with van der Waals surface area (Å²) in [6.07, 6.45) is 1.68. The van der Waals surface area contributed by atoms with Gasteiger partial charge in [-0.2, -0.15) is 0 Å². The van der Waals surface area contributed by atoms with Crippen molar-refractivity contribution in [1.29, 1.82) is 5.41 Å². The predicted octanol–water partition coefficient (Wildman–Crippen LogP) is 2.60. The summed E-state index contributed by atoms with van der Waals surface area (Å²) in [6, 6.07) is 5.82. The number of rotatable bonds is 7. The number of nitrogens with zero attached hydrogens (tertiary/aromatic N) is 2. The summed E-state index contributed by atoms with van der Waals surface area (Å²) in [5.41, 5.74) is 8.78. The van der Waals surface area contributed by atoms with Gasteiger partial charge in [-0.3, -0.25) is 15.2 Å². The van der Waals surface area contributed by atoms with E-state index in [1.165, 1.54) is 4.90 Å². The minimum atomic E-state index is -0.285. The Balaban J connectivity index is 3.26. The van der Waals surface area contributed by atoms with E-state index in [9.17, 15) is 4.79 Å². The van der Waals surface area contributed by atoms with Crippen LogP contribution in [0, 0.1) is 5.41 Å². The van der Waals surface area contributed by atoms with Gasteiger partial charge < -0.3 is 10.5 Å². The zero-order valence-electron chi connectivity index (χ0n) is 14.6. The Kier molecular flexibility index (Phi) is 7.54. The molecule has 0 unspecified atom stereocenters. The quantitative estimate of drug-likeness (QED) is 0.598. The lowest BCUT2D eigenvalue weighted by Crippen LogP contribution is -2.50. The molecule has 0 aliphatic heterocycles. The summed E-state index contributed by atoms with van der Waals surface area (Å²) < 4.78 is 5.02. The van der Waals surface area contributed by atoms with E-state index in [-0.39, 0.29) is 18.5 Å². The van der Waals surface area contributed by atoms with E-state index >= 15 is 0 Å². The molecule has 0 fully saturated rings. The van der Waals surface area contributed by atoms with Crippen molar-refractivity contribution in [1.82, 2.24) is 4.90 Å². The number of benzene rings is 1. The van der Waals surface area contributed by atoms with Crippen LogP contribution in [0.2, 0.25) is 0 Å².